The van der Waals surface area contributed by atoms with Crippen LogP contribution in [0.4, 0.5) is 0 Å². The second-order valence-corrected chi connectivity index (χ2v) is 6.01. The van der Waals surface area contributed by atoms with Crippen LogP contribution in [0.2, 0.25) is 0 Å². The van der Waals surface area contributed by atoms with Gasteiger partial charge >= 0.3 is 5.97 Å². The molecule has 0 spiro atoms. The van der Waals surface area contributed by atoms with Crippen LogP contribution in [0.15, 0.2) is 42.5 Å². The molecular formula is C20H24O3. The van der Waals surface area contributed by atoms with E-state index in [1.807, 2.05) is 63.2 Å². The molecule has 2 aromatic rings. The van der Waals surface area contributed by atoms with E-state index in [-0.39, 0.29) is 0 Å². The van der Waals surface area contributed by atoms with E-state index in [1.54, 1.807) is 0 Å². The van der Waals surface area contributed by atoms with Crippen molar-refractivity contribution in [1.82, 2.24) is 0 Å². The Bertz CT molecular complexity index is 676. The Morgan fingerprint density at radius 1 is 1.09 bits per heavy atom. The molecule has 23 heavy (non-hydrogen) atoms. The van der Waals surface area contributed by atoms with Gasteiger partial charge in [-0.1, -0.05) is 42.0 Å². The minimum Gasteiger partial charge on any atom is -0.493 e. The van der Waals surface area contributed by atoms with Crippen molar-refractivity contribution in [3.8, 4) is 5.75 Å². The fourth-order valence-electron chi connectivity index (χ4n) is 2.74. The number of carbonyl (C=O) groups is 1. The third-order valence-corrected chi connectivity index (χ3v) is 4.10. The minimum absolute atomic E-state index is 0.477. The van der Waals surface area contributed by atoms with Crippen LogP contribution in [-0.2, 0) is 4.79 Å². The van der Waals surface area contributed by atoms with Gasteiger partial charge in [-0.2, -0.15) is 0 Å². The molecule has 122 valence electrons. The molecule has 0 bridgehead atoms. The van der Waals surface area contributed by atoms with Crippen LogP contribution in [0, 0.1) is 20.8 Å². The number of rotatable bonds is 7. The standard InChI is InChI=1S/C20H24O3/c1-14-10-11-15(2)18(13-14)17(20(21)22)8-6-12-23-19-9-5-4-7-16(19)3/h4-5,7,9-11,13,17H,6,8,12H2,1-3H3,(H,21,22). The topological polar surface area (TPSA) is 46.5 Å². The first-order chi connectivity index (χ1) is 11.0. The molecule has 1 atom stereocenters. The van der Waals surface area contributed by atoms with Crippen molar-refractivity contribution < 1.29 is 14.6 Å². The van der Waals surface area contributed by atoms with Crippen LogP contribution in [0.5, 0.6) is 5.75 Å². The Kier molecular flexibility index (Phi) is 5.80. The maximum absolute atomic E-state index is 11.6. The third-order valence-electron chi connectivity index (χ3n) is 4.10. The highest BCUT2D eigenvalue weighted by molar-refractivity contribution is 5.76. The predicted octanol–water partition coefficient (Wildman–Crippen LogP) is 4.64. The molecule has 0 aliphatic heterocycles. The summed E-state index contributed by atoms with van der Waals surface area (Å²) < 4.78 is 5.76. The maximum Gasteiger partial charge on any atom is 0.310 e. The summed E-state index contributed by atoms with van der Waals surface area (Å²) in [6, 6.07) is 13.8. The number of aryl methyl sites for hydroxylation is 3. The lowest BCUT2D eigenvalue weighted by molar-refractivity contribution is -0.139. The lowest BCUT2D eigenvalue weighted by Gasteiger charge is -2.16. The first-order valence-corrected chi connectivity index (χ1v) is 7.97. The first kappa shape index (κ1) is 17.1. The Hall–Kier alpha value is -2.29. The molecule has 2 rings (SSSR count). The summed E-state index contributed by atoms with van der Waals surface area (Å²) in [5.41, 5.74) is 4.13. The second kappa shape index (κ2) is 7.82. The molecule has 0 heterocycles. The Morgan fingerprint density at radius 2 is 1.83 bits per heavy atom. The van der Waals surface area contributed by atoms with Gasteiger partial charge in [-0.05, 0) is 56.4 Å². The van der Waals surface area contributed by atoms with E-state index in [2.05, 4.69) is 0 Å². The number of hydrogen-bond donors (Lipinski definition) is 1. The first-order valence-electron chi connectivity index (χ1n) is 7.97. The zero-order valence-corrected chi connectivity index (χ0v) is 14.0. The van der Waals surface area contributed by atoms with Crippen LogP contribution < -0.4 is 4.74 Å². The van der Waals surface area contributed by atoms with Crippen LogP contribution in [0.3, 0.4) is 0 Å². The van der Waals surface area contributed by atoms with Crippen molar-refractivity contribution in [3.63, 3.8) is 0 Å². The summed E-state index contributed by atoms with van der Waals surface area (Å²) >= 11 is 0. The monoisotopic (exact) mass is 312 g/mol. The molecule has 0 saturated carbocycles. The van der Waals surface area contributed by atoms with E-state index in [9.17, 15) is 9.90 Å². The van der Waals surface area contributed by atoms with Gasteiger partial charge in [0.25, 0.3) is 0 Å². The van der Waals surface area contributed by atoms with Gasteiger partial charge in [-0.3, -0.25) is 4.79 Å². The number of ether oxygens (including phenoxy) is 1. The lowest BCUT2D eigenvalue weighted by atomic mass is 9.90. The largest absolute Gasteiger partial charge is 0.493 e. The molecule has 0 saturated heterocycles. The summed E-state index contributed by atoms with van der Waals surface area (Å²) in [4.78, 5) is 11.6. The molecule has 0 aliphatic carbocycles. The summed E-state index contributed by atoms with van der Waals surface area (Å²) in [6.45, 7) is 6.49. The van der Waals surface area contributed by atoms with Gasteiger partial charge in [0.1, 0.15) is 5.75 Å². The lowest BCUT2D eigenvalue weighted by Crippen LogP contribution is -2.14. The number of carboxylic acids is 1. The smallest absolute Gasteiger partial charge is 0.310 e. The van der Waals surface area contributed by atoms with E-state index in [0.29, 0.717) is 19.4 Å². The fourth-order valence-corrected chi connectivity index (χ4v) is 2.74. The van der Waals surface area contributed by atoms with Gasteiger partial charge in [-0.15, -0.1) is 0 Å². The Labute approximate surface area is 137 Å². The van der Waals surface area contributed by atoms with Gasteiger partial charge in [0.15, 0.2) is 0 Å². The molecular weight excluding hydrogens is 288 g/mol. The van der Waals surface area contributed by atoms with Gasteiger partial charge in [-0.25, -0.2) is 0 Å². The van der Waals surface area contributed by atoms with Gasteiger partial charge < -0.3 is 9.84 Å². The van der Waals surface area contributed by atoms with Crippen LogP contribution in [-0.4, -0.2) is 17.7 Å². The average Bonchev–Trinajstić information content (AvgIpc) is 2.51. The molecule has 0 fully saturated rings. The van der Waals surface area contributed by atoms with Crippen molar-refractivity contribution >= 4 is 5.97 Å². The number of hydrogen-bond acceptors (Lipinski definition) is 2. The molecule has 3 nitrogen and oxygen atoms in total. The third kappa shape index (κ3) is 4.59. The van der Waals surface area contributed by atoms with Crippen molar-refractivity contribution in [1.29, 1.82) is 0 Å². The van der Waals surface area contributed by atoms with E-state index in [1.165, 1.54) is 0 Å². The predicted molar refractivity (Wildman–Crippen MR) is 92.2 cm³/mol. The molecule has 0 aromatic heterocycles. The van der Waals surface area contributed by atoms with Crippen molar-refractivity contribution in [2.45, 2.75) is 39.5 Å². The number of carboxylic acid groups (broad SMARTS) is 1. The van der Waals surface area contributed by atoms with Crippen molar-refractivity contribution in [2.75, 3.05) is 6.61 Å². The average molecular weight is 312 g/mol. The summed E-state index contributed by atoms with van der Waals surface area (Å²) in [7, 11) is 0. The highest BCUT2D eigenvalue weighted by Gasteiger charge is 2.21. The van der Waals surface area contributed by atoms with E-state index >= 15 is 0 Å². The Balaban J connectivity index is 1.97. The molecule has 1 N–H and O–H groups in total. The molecule has 3 heteroatoms. The fraction of sp³-hybridized carbons (Fsp3) is 0.350. The van der Waals surface area contributed by atoms with Gasteiger partial charge in [0.05, 0.1) is 12.5 Å². The highest BCUT2D eigenvalue weighted by Crippen LogP contribution is 2.26. The van der Waals surface area contributed by atoms with E-state index < -0.39 is 11.9 Å². The normalized spacial score (nSPS) is 12.0. The van der Waals surface area contributed by atoms with Gasteiger partial charge in [0.2, 0.25) is 0 Å². The quantitative estimate of drug-likeness (QED) is 0.758. The minimum atomic E-state index is -0.769. The number of para-hydroxylation sites is 1. The summed E-state index contributed by atoms with van der Waals surface area (Å²) in [5.74, 6) is -0.379. The number of benzene rings is 2. The van der Waals surface area contributed by atoms with Crippen LogP contribution >= 0.6 is 0 Å². The molecule has 0 amide bonds. The highest BCUT2D eigenvalue weighted by atomic mass is 16.5. The van der Waals surface area contributed by atoms with Gasteiger partial charge in [0, 0.05) is 0 Å². The Morgan fingerprint density at radius 3 is 2.52 bits per heavy atom. The SMILES string of the molecule is Cc1ccc(C)c(C(CCCOc2ccccc2C)C(=O)O)c1. The van der Waals surface area contributed by atoms with Crippen molar-refractivity contribution in [3.05, 3.63) is 64.7 Å². The van der Waals surface area contributed by atoms with E-state index in [4.69, 9.17) is 4.74 Å². The van der Waals surface area contributed by atoms with Crippen LogP contribution in [0.1, 0.15) is 41.0 Å². The molecule has 1 unspecified atom stereocenters. The zero-order valence-electron chi connectivity index (χ0n) is 14.0. The second-order valence-electron chi connectivity index (χ2n) is 6.01. The molecule has 2 aromatic carbocycles. The summed E-state index contributed by atoms with van der Waals surface area (Å²) in [6.07, 6.45) is 1.28. The van der Waals surface area contributed by atoms with Crippen LogP contribution in [0.25, 0.3) is 0 Å². The maximum atomic E-state index is 11.6. The number of aliphatic carboxylic acids is 1. The molecule has 0 aliphatic rings. The van der Waals surface area contributed by atoms with Crippen molar-refractivity contribution in [2.24, 2.45) is 0 Å². The van der Waals surface area contributed by atoms with E-state index in [0.717, 1.165) is 28.0 Å². The zero-order chi connectivity index (χ0) is 16.8. The molecule has 0 radical (unpaired) electrons. The summed E-state index contributed by atoms with van der Waals surface area (Å²) in [5, 5.41) is 9.56.